The molecule has 28 heavy (non-hydrogen) atoms. The summed E-state index contributed by atoms with van der Waals surface area (Å²) in [5.41, 5.74) is 2.20. The molecule has 0 bridgehead atoms. The number of hydrogen-bond acceptors (Lipinski definition) is 2. The molecule has 1 atom stereocenters. The maximum atomic E-state index is 12.8. The van der Waals surface area contributed by atoms with E-state index in [1.165, 1.54) is 0 Å². The van der Waals surface area contributed by atoms with Gasteiger partial charge in [0, 0.05) is 27.6 Å². The van der Waals surface area contributed by atoms with Crippen molar-refractivity contribution >= 4 is 23.4 Å². The molecule has 0 heterocycles. The smallest absolute Gasteiger partial charge is 0.304 e. The maximum Gasteiger partial charge on any atom is 0.304 e. The first-order valence-corrected chi connectivity index (χ1v) is 10.0. The fourth-order valence-corrected chi connectivity index (χ4v) is 3.11. The topological polar surface area (TPSA) is 54.4 Å². The van der Waals surface area contributed by atoms with Gasteiger partial charge < -0.3 is 5.11 Å². The summed E-state index contributed by atoms with van der Waals surface area (Å²) < 4.78 is 0. The van der Waals surface area contributed by atoms with E-state index in [0.717, 1.165) is 36.8 Å². The van der Waals surface area contributed by atoms with E-state index in [1.54, 1.807) is 36.4 Å². The Kier molecular flexibility index (Phi) is 8.78. The summed E-state index contributed by atoms with van der Waals surface area (Å²) in [5, 5.41) is 9.81. The van der Waals surface area contributed by atoms with E-state index < -0.39 is 11.9 Å². The molecule has 0 aliphatic rings. The fourth-order valence-electron chi connectivity index (χ4n) is 2.99. The molecule has 0 radical (unpaired) electrons. The summed E-state index contributed by atoms with van der Waals surface area (Å²) in [7, 11) is 0. The zero-order valence-electron chi connectivity index (χ0n) is 16.1. The summed E-state index contributed by atoms with van der Waals surface area (Å²) in [6, 6.07) is 14.3. The van der Waals surface area contributed by atoms with Gasteiger partial charge in [0.1, 0.15) is 0 Å². The van der Waals surface area contributed by atoms with Crippen LogP contribution in [-0.2, 0) is 4.79 Å². The first-order chi connectivity index (χ1) is 13.5. The molecule has 0 aromatic heterocycles. The van der Waals surface area contributed by atoms with E-state index in [9.17, 15) is 9.59 Å². The van der Waals surface area contributed by atoms with Gasteiger partial charge in [0.05, 0.1) is 6.42 Å². The van der Waals surface area contributed by atoms with Crippen LogP contribution in [0.3, 0.4) is 0 Å². The predicted molar refractivity (Wildman–Crippen MR) is 113 cm³/mol. The quantitative estimate of drug-likeness (QED) is 0.322. The van der Waals surface area contributed by atoms with Crippen LogP contribution < -0.4 is 0 Å². The van der Waals surface area contributed by atoms with E-state index in [-0.39, 0.29) is 12.2 Å². The Labute approximate surface area is 171 Å². The van der Waals surface area contributed by atoms with Gasteiger partial charge in [0.25, 0.3) is 0 Å². The number of carboxylic acid groups (broad SMARTS) is 1. The summed E-state index contributed by atoms with van der Waals surface area (Å²) >= 11 is 5.86. The van der Waals surface area contributed by atoms with Crippen LogP contribution in [0.4, 0.5) is 0 Å². The van der Waals surface area contributed by atoms with Crippen LogP contribution in [0.25, 0.3) is 0 Å². The van der Waals surface area contributed by atoms with Gasteiger partial charge in [-0.1, -0.05) is 68.2 Å². The van der Waals surface area contributed by atoms with E-state index in [2.05, 4.69) is 18.8 Å². The van der Waals surface area contributed by atoms with Crippen molar-refractivity contribution in [1.29, 1.82) is 0 Å². The number of ketones is 1. The van der Waals surface area contributed by atoms with Crippen LogP contribution in [0.15, 0.2) is 48.5 Å². The van der Waals surface area contributed by atoms with Crippen LogP contribution >= 0.6 is 11.6 Å². The third-order valence-corrected chi connectivity index (χ3v) is 4.81. The van der Waals surface area contributed by atoms with E-state index in [4.69, 9.17) is 16.7 Å². The molecule has 146 valence electrons. The third-order valence-electron chi connectivity index (χ3n) is 4.56. The molecule has 1 N–H and O–H groups in total. The highest BCUT2D eigenvalue weighted by Crippen LogP contribution is 2.20. The molecule has 0 aliphatic heterocycles. The highest BCUT2D eigenvalue weighted by Gasteiger charge is 2.22. The number of rotatable bonds is 9. The highest BCUT2D eigenvalue weighted by atomic mass is 35.5. The zero-order valence-corrected chi connectivity index (χ0v) is 16.8. The average Bonchev–Trinajstić information content (AvgIpc) is 2.69. The number of benzene rings is 2. The summed E-state index contributed by atoms with van der Waals surface area (Å²) in [6.07, 6.45) is 4.61. The second kappa shape index (κ2) is 11.3. The number of carboxylic acids is 1. The van der Waals surface area contributed by atoms with Gasteiger partial charge >= 0.3 is 5.97 Å². The van der Waals surface area contributed by atoms with Crippen molar-refractivity contribution in [2.75, 3.05) is 0 Å². The largest absolute Gasteiger partial charge is 0.481 e. The molecule has 1 unspecified atom stereocenters. The van der Waals surface area contributed by atoms with Gasteiger partial charge in [-0.2, -0.15) is 0 Å². The van der Waals surface area contributed by atoms with Gasteiger partial charge in [0.15, 0.2) is 5.78 Å². The van der Waals surface area contributed by atoms with E-state index >= 15 is 0 Å². The van der Waals surface area contributed by atoms with Crippen molar-refractivity contribution in [2.45, 2.75) is 45.4 Å². The average molecular weight is 397 g/mol. The molecular formula is C24H25ClO3. The van der Waals surface area contributed by atoms with Crippen LogP contribution in [0.1, 0.15) is 66.9 Å². The number of aliphatic carboxylic acids is 1. The molecular weight excluding hydrogens is 372 g/mol. The van der Waals surface area contributed by atoms with Gasteiger partial charge in [-0.3, -0.25) is 9.59 Å². The Morgan fingerprint density at radius 3 is 2.04 bits per heavy atom. The first-order valence-electron chi connectivity index (χ1n) is 9.63. The number of halogens is 1. The SMILES string of the molecule is CCCCCCC(CC(=O)O)C(=O)c1ccc(C#Cc2ccc(Cl)cc2)cc1. The standard InChI is InChI=1S/C24H25ClO3/c1-2-3-4-5-6-21(17-23(26)27)24(28)20-13-9-18(10-14-20)7-8-19-11-15-22(25)16-12-19/h9-16,21H,2-6,17H2,1H3,(H,26,27). The number of Topliss-reactive ketones (excluding diaryl/α,β-unsaturated/α-hetero) is 1. The Morgan fingerprint density at radius 2 is 1.50 bits per heavy atom. The Hall–Kier alpha value is -2.57. The van der Waals surface area contributed by atoms with E-state index in [1.807, 2.05) is 12.1 Å². The molecule has 2 rings (SSSR count). The maximum absolute atomic E-state index is 12.8. The lowest BCUT2D eigenvalue weighted by atomic mass is 9.89. The highest BCUT2D eigenvalue weighted by molar-refractivity contribution is 6.30. The molecule has 0 aliphatic carbocycles. The van der Waals surface area contributed by atoms with Crippen LogP contribution in [0.5, 0.6) is 0 Å². The molecule has 0 spiro atoms. The van der Waals surface area contributed by atoms with Gasteiger partial charge in [-0.25, -0.2) is 0 Å². The number of carbonyl (C=O) groups excluding carboxylic acids is 1. The number of carbonyl (C=O) groups is 2. The van der Waals surface area contributed by atoms with E-state index in [0.29, 0.717) is 17.0 Å². The molecule has 4 heteroatoms. The lowest BCUT2D eigenvalue weighted by Crippen LogP contribution is -2.18. The Morgan fingerprint density at radius 1 is 0.929 bits per heavy atom. The zero-order chi connectivity index (χ0) is 20.4. The second-order valence-electron chi connectivity index (χ2n) is 6.84. The molecule has 2 aromatic rings. The van der Waals surface area contributed by atoms with Crippen molar-refractivity contribution in [3.8, 4) is 11.8 Å². The van der Waals surface area contributed by atoms with Crippen molar-refractivity contribution in [1.82, 2.24) is 0 Å². The van der Waals surface area contributed by atoms with Crippen molar-refractivity contribution in [3.63, 3.8) is 0 Å². The fraction of sp³-hybridized carbons (Fsp3) is 0.333. The van der Waals surface area contributed by atoms with Crippen molar-refractivity contribution < 1.29 is 14.7 Å². The molecule has 0 saturated heterocycles. The Balaban J connectivity index is 2.05. The minimum Gasteiger partial charge on any atom is -0.481 e. The second-order valence-corrected chi connectivity index (χ2v) is 7.28. The molecule has 3 nitrogen and oxygen atoms in total. The van der Waals surface area contributed by atoms with Gasteiger partial charge in [0.2, 0.25) is 0 Å². The number of hydrogen-bond donors (Lipinski definition) is 1. The first kappa shape index (κ1) is 21.7. The minimum atomic E-state index is -0.931. The van der Waals surface area contributed by atoms with Crippen molar-refractivity contribution in [3.05, 3.63) is 70.2 Å². The third kappa shape index (κ3) is 7.21. The molecule has 0 fully saturated rings. The Bertz CT molecular complexity index is 842. The lowest BCUT2D eigenvalue weighted by molar-refractivity contribution is -0.137. The van der Waals surface area contributed by atoms with Crippen molar-refractivity contribution in [2.24, 2.45) is 5.92 Å². The summed E-state index contributed by atoms with van der Waals surface area (Å²) in [6.45, 7) is 2.12. The molecule has 2 aromatic carbocycles. The molecule has 0 saturated carbocycles. The summed E-state index contributed by atoms with van der Waals surface area (Å²) in [4.78, 5) is 23.9. The van der Waals surface area contributed by atoms with Crippen LogP contribution in [0.2, 0.25) is 5.02 Å². The lowest BCUT2D eigenvalue weighted by Gasteiger charge is -2.14. The predicted octanol–water partition coefficient (Wildman–Crippen LogP) is 5.98. The minimum absolute atomic E-state index is 0.101. The molecule has 0 amide bonds. The number of unbranched alkanes of at least 4 members (excludes halogenated alkanes) is 3. The van der Waals surface area contributed by atoms with Crippen LogP contribution in [-0.4, -0.2) is 16.9 Å². The van der Waals surface area contributed by atoms with Gasteiger partial charge in [-0.05, 0) is 42.8 Å². The van der Waals surface area contributed by atoms with Gasteiger partial charge in [-0.15, -0.1) is 0 Å². The monoisotopic (exact) mass is 396 g/mol. The normalized spacial score (nSPS) is 11.4. The summed E-state index contributed by atoms with van der Waals surface area (Å²) in [5.74, 6) is 4.61. The van der Waals surface area contributed by atoms with Crippen LogP contribution in [0, 0.1) is 17.8 Å².